The fraction of sp³-hybridized carbons (Fsp3) is 0.355. The molecule has 9 heteroatoms. The molecule has 1 unspecified atom stereocenters. The summed E-state index contributed by atoms with van der Waals surface area (Å²) in [5.41, 5.74) is 3.27. The second-order valence-corrected chi connectivity index (χ2v) is 9.18. The summed E-state index contributed by atoms with van der Waals surface area (Å²) in [6.45, 7) is 2.79. The summed E-state index contributed by atoms with van der Waals surface area (Å²) < 4.78 is 33.1. The third-order valence-corrected chi connectivity index (χ3v) is 6.90. The van der Waals surface area contributed by atoms with Gasteiger partial charge in [0.05, 0.1) is 53.1 Å². The summed E-state index contributed by atoms with van der Waals surface area (Å²) in [4.78, 5) is 27.6. The second-order valence-electron chi connectivity index (χ2n) is 9.18. The maximum absolute atomic E-state index is 13.7. The van der Waals surface area contributed by atoms with Crippen LogP contribution in [-0.2, 0) is 22.4 Å². The Kier molecular flexibility index (Phi) is 9.37. The Morgan fingerprint density at radius 1 is 0.825 bits per heavy atom. The minimum absolute atomic E-state index is 0.0427. The Morgan fingerprint density at radius 2 is 1.48 bits per heavy atom. The van der Waals surface area contributed by atoms with Crippen LogP contribution in [0.2, 0.25) is 0 Å². The molecule has 212 valence electrons. The van der Waals surface area contributed by atoms with E-state index in [0.29, 0.717) is 53.9 Å². The van der Waals surface area contributed by atoms with Crippen molar-refractivity contribution in [2.45, 2.75) is 25.8 Å². The van der Waals surface area contributed by atoms with Crippen LogP contribution in [0.5, 0.6) is 28.7 Å². The fourth-order valence-corrected chi connectivity index (χ4v) is 4.85. The molecule has 1 heterocycles. The molecule has 1 amide bonds. The van der Waals surface area contributed by atoms with Gasteiger partial charge < -0.3 is 33.3 Å². The van der Waals surface area contributed by atoms with Gasteiger partial charge in [0.25, 0.3) is 0 Å². The van der Waals surface area contributed by atoms with Crippen LogP contribution in [-0.4, -0.2) is 65.0 Å². The fourth-order valence-electron chi connectivity index (χ4n) is 4.85. The molecular weight excluding hydrogens is 514 g/mol. The van der Waals surface area contributed by atoms with Crippen molar-refractivity contribution >= 4 is 11.9 Å². The van der Waals surface area contributed by atoms with Gasteiger partial charge in [-0.15, -0.1) is 0 Å². The number of ether oxygens (including phenoxy) is 6. The van der Waals surface area contributed by atoms with E-state index in [2.05, 4.69) is 0 Å². The number of esters is 1. The van der Waals surface area contributed by atoms with Gasteiger partial charge in [0.2, 0.25) is 5.91 Å². The molecule has 0 radical (unpaired) electrons. The number of hydrogen-bond donors (Lipinski definition) is 0. The first-order chi connectivity index (χ1) is 19.4. The lowest BCUT2D eigenvalue weighted by molar-refractivity contribution is -0.134. The Labute approximate surface area is 234 Å². The maximum Gasteiger partial charge on any atom is 0.338 e. The molecule has 9 nitrogen and oxygen atoms in total. The van der Waals surface area contributed by atoms with Gasteiger partial charge in [0.1, 0.15) is 12.4 Å². The van der Waals surface area contributed by atoms with Crippen molar-refractivity contribution in [1.82, 2.24) is 4.90 Å². The molecule has 0 fully saturated rings. The zero-order valence-electron chi connectivity index (χ0n) is 23.5. The number of carbonyl (C=O) groups is 2. The number of benzene rings is 3. The van der Waals surface area contributed by atoms with Gasteiger partial charge >= 0.3 is 5.97 Å². The van der Waals surface area contributed by atoms with E-state index in [4.69, 9.17) is 28.4 Å². The molecule has 4 rings (SSSR count). The number of amides is 1. The zero-order chi connectivity index (χ0) is 28.6. The number of rotatable bonds is 11. The molecule has 0 spiro atoms. The Balaban J connectivity index is 1.60. The minimum atomic E-state index is -0.386. The van der Waals surface area contributed by atoms with Crippen molar-refractivity contribution in [3.05, 3.63) is 76.9 Å². The van der Waals surface area contributed by atoms with Crippen molar-refractivity contribution in [3.8, 4) is 28.7 Å². The summed E-state index contributed by atoms with van der Waals surface area (Å²) in [6.07, 6.45) is 0.853. The van der Waals surface area contributed by atoms with E-state index in [9.17, 15) is 9.59 Å². The SMILES string of the molecule is CCOC(=O)c1ccc(OCC2c3cc(OC)c(OC)cc3CCN2C(=O)Cc2ccc(OC)c(OC)c2)cc1. The first kappa shape index (κ1) is 28.6. The van der Waals surface area contributed by atoms with Gasteiger partial charge in [-0.1, -0.05) is 6.07 Å². The highest BCUT2D eigenvalue weighted by atomic mass is 16.5. The summed E-state index contributed by atoms with van der Waals surface area (Å²) in [5.74, 6) is 2.54. The number of carbonyl (C=O) groups excluding carboxylic acids is 2. The molecule has 3 aromatic carbocycles. The van der Waals surface area contributed by atoms with E-state index >= 15 is 0 Å². The summed E-state index contributed by atoms with van der Waals surface area (Å²) in [6, 6.07) is 15.8. The van der Waals surface area contributed by atoms with E-state index in [0.717, 1.165) is 16.7 Å². The summed E-state index contributed by atoms with van der Waals surface area (Å²) in [7, 11) is 6.33. The molecule has 1 atom stereocenters. The Bertz CT molecular complexity index is 1340. The molecule has 0 saturated heterocycles. The highest BCUT2D eigenvalue weighted by Gasteiger charge is 2.33. The van der Waals surface area contributed by atoms with Gasteiger partial charge in [-0.3, -0.25) is 4.79 Å². The second kappa shape index (κ2) is 13.1. The third kappa shape index (κ3) is 6.25. The van der Waals surface area contributed by atoms with E-state index in [-0.39, 0.29) is 30.9 Å². The number of nitrogens with zero attached hydrogens (tertiary/aromatic N) is 1. The molecule has 1 aliphatic heterocycles. The molecule has 0 aliphatic carbocycles. The lowest BCUT2D eigenvalue weighted by Gasteiger charge is -2.37. The van der Waals surface area contributed by atoms with Crippen molar-refractivity contribution < 1.29 is 38.0 Å². The summed E-state index contributed by atoms with van der Waals surface area (Å²) >= 11 is 0. The van der Waals surface area contributed by atoms with Crippen LogP contribution < -0.4 is 23.7 Å². The topological polar surface area (TPSA) is 92.8 Å². The van der Waals surface area contributed by atoms with Gasteiger partial charge in [-0.25, -0.2) is 4.79 Å². The molecule has 0 N–H and O–H groups in total. The highest BCUT2D eigenvalue weighted by Crippen LogP contribution is 2.39. The van der Waals surface area contributed by atoms with Crippen LogP contribution in [0.25, 0.3) is 0 Å². The third-order valence-electron chi connectivity index (χ3n) is 6.90. The molecule has 0 saturated carbocycles. The van der Waals surface area contributed by atoms with Gasteiger partial charge in [-0.2, -0.15) is 0 Å². The highest BCUT2D eigenvalue weighted by molar-refractivity contribution is 5.89. The number of hydrogen-bond acceptors (Lipinski definition) is 8. The number of methoxy groups -OCH3 is 4. The van der Waals surface area contributed by atoms with E-state index in [1.54, 1.807) is 65.7 Å². The van der Waals surface area contributed by atoms with Crippen molar-refractivity contribution in [3.63, 3.8) is 0 Å². The van der Waals surface area contributed by atoms with Crippen molar-refractivity contribution in [2.75, 3.05) is 48.2 Å². The van der Waals surface area contributed by atoms with E-state index < -0.39 is 0 Å². The zero-order valence-corrected chi connectivity index (χ0v) is 23.5. The first-order valence-electron chi connectivity index (χ1n) is 13.1. The molecule has 0 bridgehead atoms. The molecule has 40 heavy (non-hydrogen) atoms. The van der Waals surface area contributed by atoms with Crippen LogP contribution in [0.15, 0.2) is 54.6 Å². The quantitative estimate of drug-likeness (QED) is 0.319. The van der Waals surface area contributed by atoms with Crippen molar-refractivity contribution in [1.29, 1.82) is 0 Å². The average molecular weight is 550 g/mol. The first-order valence-corrected chi connectivity index (χ1v) is 13.1. The van der Waals surface area contributed by atoms with Crippen LogP contribution in [0.1, 0.15) is 40.0 Å². The van der Waals surface area contributed by atoms with Gasteiger partial charge in [0.15, 0.2) is 23.0 Å². The molecule has 0 aromatic heterocycles. The normalized spacial score (nSPS) is 14.1. The molecular formula is C31H35NO8. The maximum atomic E-state index is 13.7. The van der Waals surface area contributed by atoms with Crippen LogP contribution in [0.4, 0.5) is 0 Å². The van der Waals surface area contributed by atoms with Crippen LogP contribution >= 0.6 is 0 Å². The lowest BCUT2D eigenvalue weighted by Crippen LogP contribution is -2.43. The number of fused-ring (bicyclic) bond motifs is 1. The van der Waals surface area contributed by atoms with Crippen molar-refractivity contribution in [2.24, 2.45) is 0 Å². The van der Waals surface area contributed by atoms with E-state index in [1.165, 1.54) is 0 Å². The predicted molar refractivity (Wildman–Crippen MR) is 149 cm³/mol. The Hall–Kier alpha value is -4.40. The molecule has 1 aliphatic rings. The lowest BCUT2D eigenvalue weighted by atomic mass is 9.91. The predicted octanol–water partition coefficient (Wildman–Crippen LogP) is 4.65. The minimum Gasteiger partial charge on any atom is -0.493 e. The standard InChI is InChI=1S/C31H35NO8/c1-6-39-31(34)21-8-10-23(11-9-21)40-19-25-24-18-29(38-5)28(37-4)17-22(24)13-14-32(25)30(33)16-20-7-12-26(35-2)27(15-20)36-3/h7-12,15,17-18,25H,6,13-14,16,19H2,1-5H3. The van der Waals surface area contributed by atoms with Gasteiger partial charge in [-0.05, 0) is 78.6 Å². The summed E-state index contributed by atoms with van der Waals surface area (Å²) in [5, 5.41) is 0. The average Bonchev–Trinajstić information content (AvgIpc) is 2.99. The Morgan fingerprint density at radius 3 is 2.12 bits per heavy atom. The largest absolute Gasteiger partial charge is 0.493 e. The molecule has 3 aromatic rings. The van der Waals surface area contributed by atoms with Crippen LogP contribution in [0, 0.1) is 0 Å². The van der Waals surface area contributed by atoms with Gasteiger partial charge in [0, 0.05) is 6.54 Å². The monoisotopic (exact) mass is 549 g/mol. The van der Waals surface area contributed by atoms with Crippen LogP contribution in [0.3, 0.4) is 0 Å². The smallest absolute Gasteiger partial charge is 0.338 e. The van der Waals surface area contributed by atoms with E-state index in [1.807, 2.05) is 29.2 Å².